The van der Waals surface area contributed by atoms with Gasteiger partial charge in [-0.25, -0.2) is 0 Å². The van der Waals surface area contributed by atoms with Crippen LogP contribution in [0.5, 0.6) is 5.75 Å². The minimum absolute atomic E-state index is 0.0951. The van der Waals surface area contributed by atoms with Crippen molar-refractivity contribution in [3.63, 3.8) is 0 Å². The quantitative estimate of drug-likeness (QED) is 0.924. The highest BCUT2D eigenvalue weighted by atomic mass is 16.5. The molecule has 1 aliphatic heterocycles. The molecule has 4 nitrogen and oxygen atoms in total. The van der Waals surface area contributed by atoms with Gasteiger partial charge in [0.2, 0.25) is 0 Å². The molecule has 2 aliphatic rings. The third-order valence-electron chi connectivity index (χ3n) is 4.84. The summed E-state index contributed by atoms with van der Waals surface area (Å²) in [6.45, 7) is 3.90. The van der Waals surface area contributed by atoms with Crippen molar-refractivity contribution in [2.75, 3.05) is 20.3 Å². The van der Waals surface area contributed by atoms with Crippen molar-refractivity contribution in [1.82, 2.24) is 4.90 Å². The minimum atomic E-state index is 0.0951. The number of methoxy groups -OCH3 is 1. The van der Waals surface area contributed by atoms with Gasteiger partial charge in [0.15, 0.2) is 0 Å². The van der Waals surface area contributed by atoms with Gasteiger partial charge in [0.1, 0.15) is 5.75 Å². The van der Waals surface area contributed by atoms with E-state index in [2.05, 4.69) is 24.0 Å². The SMILES string of the molecule is COc1ccc(C(C(C)N)N2CCOC3CCCC32)cc1. The maximum absolute atomic E-state index is 6.34. The van der Waals surface area contributed by atoms with Gasteiger partial charge < -0.3 is 15.2 Å². The van der Waals surface area contributed by atoms with E-state index in [1.54, 1.807) is 7.11 Å². The fourth-order valence-electron chi connectivity index (χ4n) is 3.90. The number of hydrogen-bond acceptors (Lipinski definition) is 4. The van der Waals surface area contributed by atoms with Crippen LogP contribution < -0.4 is 10.5 Å². The highest BCUT2D eigenvalue weighted by Gasteiger charge is 2.40. The zero-order valence-corrected chi connectivity index (χ0v) is 13.0. The Morgan fingerprint density at radius 3 is 2.71 bits per heavy atom. The fourth-order valence-corrected chi connectivity index (χ4v) is 3.90. The van der Waals surface area contributed by atoms with Crippen molar-refractivity contribution in [2.24, 2.45) is 5.73 Å². The Morgan fingerprint density at radius 1 is 1.29 bits per heavy atom. The Bertz CT molecular complexity index is 460. The summed E-state index contributed by atoms with van der Waals surface area (Å²) in [5.74, 6) is 0.892. The molecule has 3 rings (SSSR count). The molecule has 21 heavy (non-hydrogen) atoms. The second-order valence-corrected chi connectivity index (χ2v) is 6.22. The van der Waals surface area contributed by atoms with Crippen LogP contribution in [0.25, 0.3) is 0 Å². The lowest BCUT2D eigenvalue weighted by Crippen LogP contribution is -2.53. The van der Waals surface area contributed by atoms with Crippen LogP contribution in [0.2, 0.25) is 0 Å². The lowest BCUT2D eigenvalue weighted by Gasteiger charge is -2.44. The predicted octanol–water partition coefficient (Wildman–Crippen LogP) is 2.34. The maximum atomic E-state index is 6.34. The van der Waals surface area contributed by atoms with E-state index in [1.165, 1.54) is 24.8 Å². The summed E-state index contributed by atoms with van der Waals surface area (Å²) in [7, 11) is 1.70. The topological polar surface area (TPSA) is 47.7 Å². The molecule has 1 heterocycles. The zero-order chi connectivity index (χ0) is 14.8. The monoisotopic (exact) mass is 290 g/mol. The lowest BCUT2D eigenvalue weighted by molar-refractivity contribution is -0.0753. The smallest absolute Gasteiger partial charge is 0.118 e. The third kappa shape index (κ3) is 2.93. The molecule has 0 radical (unpaired) electrons. The molecule has 4 unspecified atom stereocenters. The second kappa shape index (κ2) is 6.34. The summed E-state index contributed by atoms with van der Waals surface area (Å²) in [5, 5.41) is 0. The van der Waals surface area contributed by atoms with E-state index >= 15 is 0 Å². The van der Waals surface area contributed by atoms with Crippen LogP contribution in [0.15, 0.2) is 24.3 Å². The first-order valence-electron chi connectivity index (χ1n) is 7.97. The first-order valence-corrected chi connectivity index (χ1v) is 7.97. The van der Waals surface area contributed by atoms with Crippen LogP contribution in [0, 0.1) is 0 Å². The average Bonchev–Trinajstić information content (AvgIpc) is 2.97. The summed E-state index contributed by atoms with van der Waals surface area (Å²) in [5.41, 5.74) is 7.62. The molecule has 1 aliphatic carbocycles. The minimum Gasteiger partial charge on any atom is -0.497 e. The van der Waals surface area contributed by atoms with Crippen molar-refractivity contribution in [1.29, 1.82) is 0 Å². The number of nitrogens with two attached hydrogens (primary N) is 1. The Labute approximate surface area is 127 Å². The molecule has 0 spiro atoms. The highest BCUT2D eigenvalue weighted by molar-refractivity contribution is 5.30. The molecule has 116 valence electrons. The van der Waals surface area contributed by atoms with Crippen LogP contribution in [0.1, 0.15) is 37.8 Å². The van der Waals surface area contributed by atoms with Gasteiger partial charge in [0.25, 0.3) is 0 Å². The molecule has 2 fully saturated rings. The average molecular weight is 290 g/mol. The summed E-state index contributed by atoms with van der Waals surface area (Å²) >= 11 is 0. The summed E-state index contributed by atoms with van der Waals surface area (Å²) in [6, 6.07) is 9.22. The van der Waals surface area contributed by atoms with Crippen LogP contribution in [-0.4, -0.2) is 43.3 Å². The van der Waals surface area contributed by atoms with E-state index in [0.29, 0.717) is 12.1 Å². The van der Waals surface area contributed by atoms with E-state index in [9.17, 15) is 0 Å². The molecule has 1 aromatic rings. The molecule has 4 heteroatoms. The van der Waals surface area contributed by atoms with E-state index in [1.807, 2.05) is 12.1 Å². The van der Waals surface area contributed by atoms with Gasteiger partial charge in [-0.2, -0.15) is 0 Å². The first kappa shape index (κ1) is 14.8. The Kier molecular flexibility index (Phi) is 4.48. The number of rotatable bonds is 4. The molecular weight excluding hydrogens is 264 g/mol. The van der Waals surface area contributed by atoms with Crippen molar-refractivity contribution in [3.05, 3.63) is 29.8 Å². The molecule has 0 bridgehead atoms. The molecule has 1 saturated carbocycles. The molecular formula is C17H26N2O2. The van der Waals surface area contributed by atoms with Crippen LogP contribution >= 0.6 is 0 Å². The Hall–Kier alpha value is -1.10. The molecule has 0 aromatic heterocycles. The summed E-state index contributed by atoms with van der Waals surface area (Å²) < 4.78 is 11.2. The lowest BCUT2D eigenvalue weighted by atomic mass is 9.95. The van der Waals surface area contributed by atoms with Gasteiger partial charge >= 0.3 is 0 Å². The van der Waals surface area contributed by atoms with Crippen molar-refractivity contribution in [2.45, 2.75) is 50.4 Å². The second-order valence-electron chi connectivity index (χ2n) is 6.22. The maximum Gasteiger partial charge on any atom is 0.118 e. The summed E-state index contributed by atoms with van der Waals surface area (Å²) in [4.78, 5) is 2.58. The zero-order valence-electron chi connectivity index (χ0n) is 13.0. The number of morpholine rings is 1. The van der Waals surface area contributed by atoms with Crippen molar-refractivity contribution < 1.29 is 9.47 Å². The van der Waals surface area contributed by atoms with E-state index in [-0.39, 0.29) is 12.1 Å². The number of nitrogens with zero attached hydrogens (tertiary/aromatic N) is 1. The van der Waals surface area contributed by atoms with Crippen molar-refractivity contribution in [3.8, 4) is 5.75 Å². The molecule has 4 atom stereocenters. The molecule has 1 saturated heterocycles. The van der Waals surface area contributed by atoms with Gasteiger partial charge in [-0.1, -0.05) is 12.1 Å². The first-order chi connectivity index (χ1) is 10.2. The number of fused-ring (bicyclic) bond motifs is 1. The van der Waals surface area contributed by atoms with Gasteiger partial charge in [-0.3, -0.25) is 4.90 Å². The molecule has 1 aromatic carbocycles. The van der Waals surface area contributed by atoms with Crippen molar-refractivity contribution >= 4 is 0 Å². The van der Waals surface area contributed by atoms with E-state index in [0.717, 1.165) is 18.9 Å². The van der Waals surface area contributed by atoms with Crippen LogP contribution in [0.3, 0.4) is 0 Å². The molecule has 2 N–H and O–H groups in total. The van der Waals surface area contributed by atoms with E-state index < -0.39 is 0 Å². The van der Waals surface area contributed by atoms with E-state index in [4.69, 9.17) is 15.2 Å². The Morgan fingerprint density at radius 2 is 2.05 bits per heavy atom. The number of hydrogen-bond donors (Lipinski definition) is 1. The van der Waals surface area contributed by atoms with Gasteiger partial charge in [-0.15, -0.1) is 0 Å². The standard InChI is InChI=1S/C17H26N2O2/c1-12(18)17(13-6-8-14(20-2)9-7-13)19-10-11-21-16-5-3-4-15(16)19/h6-9,12,15-17H,3-5,10-11,18H2,1-2H3. The fraction of sp³-hybridized carbons (Fsp3) is 0.647. The largest absolute Gasteiger partial charge is 0.497 e. The number of ether oxygens (including phenoxy) is 2. The normalized spacial score (nSPS) is 28.9. The van der Waals surface area contributed by atoms with Crippen LogP contribution in [-0.2, 0) is 4.74 Å². The van der Waals surface area contributed by atoms with Crippen LogP contribution in [0.4, 0.5) is 0 Å². The predicted molar refractivity (Wildman–Crippen MR) is 83.5 cm³/mol. The molecule has 0 amide bonds. The Balaban J connectivity index is 1.86. The van der Waals surface area contributed by atoms with Gasteiger partial charge in [-0.05, 0) is 43.9 Å². The summed E-state index contributed by atoms with van der Waals surface area (Å²) in [6.07, 6.45) is 4.08. The third-order valence-corrected chi connectivity index (χ3v) is 4.84. The highest BCUT2D eigenvalue weighted by Crippen LogP contribution is 2.36. The van der Waals surface area contributed by atoms with Gasteiger partial charge in [0.05, 0.1) is 25.9 Å². The van der Waals surface area contributed by atoms with Gasteiger partial charge in [0, 0.05) is 18.6 Å². The number of benzene rings is 1.